The standard InChI is InChI=1S/C13H13N3O3/c1-7-10(8(2)15-11(7)13(18)19)12(17)16-9-3-5-14-6-4-9/h3-6,15H,1-2H3,(H,18,19)(H,14,16,17). The summed E-state index contributed by atoms with van der Waals surface area (Å²) in [5.41, 5.74) is 1.96. The highest BCUT2D eigenvalue weighted by atomic mass is 16.4. The fraction of sp³-hybridized carbons (Fsp3) is 0.154. The highest BCUT2D eigenvalue weighted by Crippen LogP contribution is 2.19. The number of carbonyl (C=O) groups is 2. The quantitative estimate of drug-likeness (QED) is 0.785. The van der Waals surface area contributed by atoms with E-state index < -0.39 is 5.97 Å². The second-order valence-electron chi connectivity index (χ2n) is 4.12. The van der Waals surface area contributed by atoms with Gasteiger partial charge in [-0.05, 0) is 31.5 Å². The number of carboxylic acid groups (broad SMARTS) is 1. The van der Waals surface area contributed by atoms with Gasteiger partial charge in [-0.15, -0.1) is 0 Å². The molecule has 0 fully saturated rings. The Bertz CT molecular complexity index is 632. The minimum atomic E-state index is -1.08. The van der Waals surface area contributed by atoms with Crippen LogP contribution in [0, 0.1) is 13.8 Å². The molecule has 3 N–H and O–H groups in total. The molecular weight excluding hydrogens is 246 g/mol. The summed E-state index contributed by atoms with van der Waals surface area (Å²) in [6.45, 7) is 3.27. The summed E-state index contributed by atoms with van der Waals surface area (Å²) in [7, 11) is 0. The third kappa shape index (κ3) is 2.47. The van der Waals surface area contributed by atoms with Crippen LogP contribution in [0.3, 0.4) is 0 Å². The predicted octanol–water partition coefficient (Wildman–Crippen LogP) is 1.98. The molecule has 0 saturated heterocycles. The number of nitrogens with zero attached hydrogens (tertiary/aromatic N) is 1. The van der Waals surface area contributed by atoms with Gasteiger partial charge in [0.25, 0.3) is 5.91 Å². The highest BCUT2D eigenvalue weighted by Gasteiger charge is 2.21. The van der Waals surface area contributed by atoms with Gasteiger partial charge in [-0.3, -0.25) is 9.78 Å². The van der Waals surface area contributed by atoms with Gasteiger partial charge in [0, 0.05) is 23.8 Å². The molecule has 0 aliphatic carbocycles. The number of pyridine rings is 1. The lowest BCUT2D eigenvalue weighted by atomic mass is 10.1. The van der Waals surface area contributed by atoms with E-state index in [0.717, 1.165) is 0 Å². The zero-order valence-electron chi connectivity index (χ0n) is 10.5. The second-order valence-corrected chi connectivity index (χ2v) is 4.12. The van der Waals surface area contributed by atoms with E-state index in [-0.39, 0.29) is 11.6 Å². The molecule has 0 spiro atoms. The molecule has 2 rings (SSSR count). The Morgan fingerprint density at radius 3 is 2.42 bits per heavy atom. The van der Waals surface area contributed by atoms with Crippen molar-refractivity contribution >= 4 is 17.6 Å². The number of anilines is 1. The van der Waals surface area contributed by atoms with E-state index in [1.54, 1.807) is 38.4 Å². The monoisotopic (exact) mass is 259 g/mol. The van der Waals surface area contributed by atoms with Gasteiger partial charge in [-0.1, -0.05) is 0 Å². The fourth-order valence-corrected chi connectivity index (χ4v) is 1.93. The predicted molar refractivity (Wildman–Crippen MR) is 69.4 cm³/mol. The number of H-pyrrole nitrogens is 1. The van der Waals surface area contributed by atoms with Crippen molar-refractivity contribution in [2.24, 2.45) is 0 Å². The van der Waals surface area contributed by atoms with Gasteiger partial charge in [0.2, 0.25) is 0 Å². The minimum absolute atomic E-state index is 0.0392. The first-order chi connectivity index (χ1) is 9.00. The summed E-state index contributed by atoms with van der Waals surface area (Å²) >= 11 is 0. The van der Waals surface area contributed by atoms with Crippen LogP contribution in [0.1, 0.15) is 32.1 Å². The summed E-state index contributed by atoms with van der Waals surface area (Å²) in [6.07, 6.45) is 3.13. The number of aryl methyl sites for hydroxylation is 1. The van der Waals surface area contributed by atoms with Crippen molar-refractivity contribution < 1.29 is 14.7 Å². The van der Waals surface area contributed by atoms with Crippen LogP contribution < -0.4 is 5.32 Å². The molecule has 1 amide bonds. The largest absolute Gasteiger partial charge is 0.477 e. The fourth-order valence-electron chi connectivity index (χ4n) is 1.93. The Labute approximate surface area is 109 Å². The van der Waals surface area contributed by atoms with Crippen molar-refractivity contribution in [3.05, 3.63) is 47.0 Å². The van der Waals surface area contributed by atoms with Gasteiger partial charge >= 0.3 is 5.97 Å². The topological polar surface area (TPSA) is 95.1 Å². The number of hydrogen-bond acceptors (Lipinski definition) is 3. The van der Waals surface area contributed by atoms with Crippen LogP contribution in [0.5, 0.6) is 0 Å². The molecule has 0 aliphatic rings. The minimum Gasteiger partial charge on any atom is -0.477 e. The number of rotatable bonds is 3. The van der Waals surface area contributed by atoms with Gasteiger partial charge in [-0.25, -0.2) is 4.79 Å². The van der Waals surface area contributed by atoms with Crippen molar-refractivity contribution in [1.82, 2.24) is 9.97 Å². The van der Waals surface area contributed by atoms with E-state index in [1.165, 1.54) is 0 Å². The van der Waals surface area contributed by atoms with E-state index in [1.807, 2.05) is 0 Å². The molecule has 0 radical (unpaired) electrons. The summed E-state index contributed by atoms with van der Waals surface area (Å²) < 4.78 is 0. The van der Waals surface area contributed by atoms with Crippen LogP contribution in [-0.2, 0) is 0 Å². The molecule has 0 aliphatic heterocycles. The molecule has 0 aromatic carbocycles. The Morgan fingerprint density at radius 2 is 1.89 bits per heavy atom. The molecule has 0 atom stereocenters. The molecule has 0 unspecified atom stereocenters. The van der Waals surface area contributed by atoms with E-state index in [4.69, 9.17) is 5.11 Å². The summed E-state index contributed by atoms with van der Waals surface area (Å²) in [4.78, 5) is 29.7. The Morgan fingerprint density at radius 1 is 1.26 bits per heavy atom. The Hall–Kier alpha value is -2.63. The van der Waals surface area contributed by atoms with E-state index in [9.17, 15) is 9.59 Å². The van der Waals surface area contributed by atoms with Crippen LogP contribution in [-0.4, -0.2) is 27.0 Å². The lowest BCUT2D eigenvalue weighted by molar-refractivity contribution is 0.0690. The van der Waals surface area contributed by atoms with Crippen LogP contribution >= 0.6 is 0 Å². The maximum absolute atomic E-state index is 12.1. The summed E-state index contributed by atoms with van der Waals surface area (Å²) in [5.74, 6) is -1.42. The van der Waals surface area contributed by atoms with Crippen molar-refractivity contribution in [3.8, 4) is 0 Å². The summed E-state index contributed by atoms with van der Waals surface area (Å²) in [6, 6.07) is 3.32. The average molecular weight is 259 g/mol. The lowest BCUT2D eigenvalue weighted by Crippen LogP contribution is -2.13. The molecule has 2 aromatic heterocycles. The summed E-state index contributed by atoms with van der Waals surface area (Å²) in [5, 5.41) is 11.7. The smallest absolute Gasteiger partial charge is 0.352 e. The zero-order valence-corrected chi connectivity index (χ0v) is 10.5. The molecule has 19 heavy (non-hydrogen) atoms. The number of amides is 1. The maximum atomic E-state index is 12.1. The molecule has 6 heteroatoms. The number of carboxylic acids is 1. The molecule has 0 bridgehead atoms. The number of aromatic nitrogens is 2. The molecule has 2 aromatic rings. The van der Waals surface area contributed by atoms with Gasteiger partial charge in [0.05, 0.1) is 5.56 Å². The number of nitrogens with one attached hydrogen (secondary N) is 2. The van der Waals surface area contributed by atoms with E-state index >= 15 is 0 Å². The molecule has 6 nitrogen and oxygen atoms in total. The highest BCUT2D eigenvalue weighted by molar-refractivity contribution is 6.08. The first-order valence-electron chi connectivity index (χ1n) is 5.64. The third-order valence-electron chi connectivity index (χ3n) is 2.82. The number of aromatic carboxylic acids is 1. The number of aromatic amines is 1. The average Bonchev–Trinajstić information content (AvgIpc) is 2.66. The van der Waals surface area contributed by atoms with Crippen molar-refractivity contribution in [2.75, 3.05) is 5.32 Å². The molecular formula is C13H13N3O3. The molecule has 0 saturated carbocycles. The number of hydrogen-bond donors (Lipinski definition) is 3. The third-order valence-corrected chi connectivity index (χ3v) is 2.82. The van der Waals surface area contributed by atoms with Crippen molar-refractivity contribution in [3.63, 3.8) is 0 Å². The van der Waals surface area contributed by atoms with Crippen LogP contribution in [0.25, 0.3) is 0 Å². The maximum Gasteiger partial charge on any atom is 0.352 e. The van der Waals surface area contributed by atoms with Gasteiger partial charge < -0.3 is 15.4 Å². The van der Waals surface area contributed by atoms with Crippen molar-refractivity contribution in [1.29, 1.82) is 0 Å². The normalized spacial score (nSPS) is 10.2. The first kappa shape index (κ1) is 12.8. The van der Waals surface area contributed by atoms with Crippen molar-refractivity contribution in [2.45, 2.75) is 13.8 Å². The molecule has 98 valence electrons. The second kappa shape index (κ2) is 4.93. The van der Waals surface area contributed by atoms with Crippen LogP contribution in [0.4, 0.5) is 5.69 Å². The van der Waals surface area contributed by atoms with Gasteiger partial charge in [-0.2, -0.15) is 0 Å². The van der Waals surface area contributed by atoms with Gasteiger partial charge in [0.15, 0.2) is 0 Å². The Kier molecular flexibility index (Phi) is 3.33. The molecule has 2 heterocycles. The zero-order chi connectivity index (χ0) is 14.0. The SMILES string of the molecule is Cc1[nH]c(C(=O)O)c(C)c1C(=O)Nc1ccncc1. The van der Waals surface area contributed by atoms with Crippen LogP contribution in [0.2, 0.25) is 0 Å². The first-order valence-corrected chi connectivity index (χ1v) is 5.64. The van der Waals surface area contributed by atoms with E-state index in [2.05, 4.69) is 15.3 Å². The number of carbonyl (C=O) groups excluding carboxylic acids is 1. The van der Waals surface area contributed by atoms with Crippen LogP contribution in [0.15, 0.2) is 24.5 Å². The van der Waals surface area contributed by atoms with Gasteiger partial charge in [0.1, 0.15) is 5.69 Å². The van der Waals surface area contributed by atoms with E-state index in [0.29, 0.717) is 22.5 Å². The lowest BCUT2D eigenvalue weighted by Gasteiger charge is -2.05. The Balaban J connectivity index is 2.32.